The molecule has 5 heteroatoms. The molecule has 1 atom stereocenters. The molecule has 1 unspecified atom stereocenters. The van der Waals surface area contributed by atoms with Crippen molar-refractivity contribution in [2.45, 2.75) is 38.8 Å². The number of benzene rings is 1. The summed E-state index contributed by atoms with van der Waals surface area (Å²) in [6.07, 6.45) is 0.350. The number of carbonyl (C=O) groups excluding carboxylic acids is 1. The monoisotopic (exact) mass is 262 g/mol. The zero-order valence-electron chi connectivity index (χ0n) is 11.3. The minimum absolute atomic E-state index is 0.350. The molecule has 19 heavy (non-hydrogen) atoms. The molecule has 1 aliphatic rings. The fourth-order valence-corrected chi connectivity index (χ4v) is 2.22. The number of aliphatic carboxylic acids is 1. The third-order valence-electron chi connectivity index (χ3n) is 2.96. The number of nitrogens with one attached hydrogen (secondary N) is 1. The van der Waals surface area contributed by atoms with Crippen LogP contribution in [0.3, 0.4) is 0 Å². The fraction of sp³-hybridized carbons (Fsp3) is 0.429. The van der Waals surface area contributed by atoms with Gasteiger partial charge in [-0.3, -0.25) is 4.90 Å². The molecule has 102 valence electrons. The number of fused-ring (bicyclic) bond motifs is 1. The van der Waals surface area contributed by atoms with Crippen molar-refractivity contribution >= 4 is 17.7 Å². The molecular formula is C14H18N2O3. The summed E-state index contributed by atoms with van der Waals surface area (Å²) < 4.78 is 0. The number of carboxylic acids is 1. The molecule has 0 spiro atoms. The van der Waals surface area contributed by atoms with E-state index in [1.165, 1.54) is 4.90 Å². The maximum Gasteiger partial charge on any atom is 0.327 e. The lowest BCUT2D eigenvalue weighted by Crippen LogP contribution is -2.53. The van der Waals surface area contributed by atoms with Gasteiger partial charge in [0.1, 0.15) is 6.04 Å². The summed E-state index contributed by atoms with van der Waals surface area (Å²) in [6.45, 7) is 5.59. The van der Waals surface area contributed by atoms with E-state index in [0.29, 0.717) is 12.1 Å². The van der Waals surface area contributed by atoms with Gasteiger partial charge in [-0.15, -0.1) is 0 Å². The highest BCUT2D eigenvalue weighted by molar-refractivity contribution is 6.01. The molecule has 1 aliphatic heterocycles. The topological polar surface area (TPSA) is 69.6 Å². The van der Waals surface area contributed by atoms with E-state index in [0.717, 1.165) is 5.56 Å². The molecule has 2 amide bonds. The van der Waals surface area contributed by atoms with Crippen molar-refractivity contribution in [2.75, 3.05) is 4.90 Å². The number of para-hydroxylation sites is 1. The summed E-state index contributed by atoms with van der Waals surface area (Å²) in [6, 6.07) is 6.09. The first-order valence-corrected chi connectivity index (χ1v) is 6.22. The first-order valence-electron chi connectivity index (χ1n) is 6.22. The zero-order chi connectivity index (χ0) is 14.2. The second-order valence-electron chi connectivity index (χ2n) is 5.74. The minimum Gasteiger partial charge on any atom is -0.480 e. The van der Waals surface area contributed by atoms with Crippen LogP contribution in [0.25, 0.3) is 0 Å². The Bertz CT molecular complexity index is 520. The molecule has 5 nitrogen and oxygen atoms in total. The Labute approximate surface area is 112 Å². The van der Waals surface area contributed by atoms with Crippen molar-refractivity contribution in [2.24, 2.45) is 0 Å². The Kier molecular flexibility index (Phi) is 3.22. The minimum atomic E-state index is -0.986. The number of hydrogen-bond donors (Lipinski definition) is 2. The van der Waals surface area contributed by atoms with Gasteiger partial charge in [0.15, 0.2) is 0 Å². The number of rotatable bonds is 1. The molecule has 1 aromatic rings. The van der Waals surface area contributed by atoms with E-state index in [9.17, 15) is 14.7 Å². The van der Waals surface area contributed by atoms with Crippen LogP contribution in [0.15, 0.2) is 24.3 Å². The van der Waals surface area contributed by atoms with Crippen LogP contribution in [0.1, 0.15) is 26.3 Å². The molecule has 1 heterocycles. The van der Waals surface area contributed by atoms with Crippen LogP contribution in [-0.2, 0) is 11.2 Å². The third-order valence-corrected chi connectivity index (χ3v) is 2.96. The van der Waals surface area contributed by atoms with E-state index in [1.807, 2.05) is 32.9 Å². The quantitative estimate of drug-likeness (QED) is 0.813. The number of carbonyl (C=O) groups is 2. The Morgan fingerprint density at radius 2 is 1.95 bits per heavy atom. The van der Waals surface area contributed by atoms with E-state index >= 15 is 0 Å². The number of hydrogen-bond acceptors (Lipinski definition) is 2. The normalized spacial score (nSPS) is 18.1. The first-order chi connectivity index (χ1) is 8.79. The van der Waals surface area contributed by atoms with E-state index in [-0.39, 0.29) is 6.03 Å². The van der Waals surface area contributed by atoms with E-state index in [1.54, 1.807) is 12.1 Å². The van der Waals surface area contributed by atoms with Crippen LogP contribution < -0.4 is 10.2 Å². The van der Waals surface area contributed by atoms with Gasteiger partial charge >= 0.3 is 12.0 Å². The van der Waals surface area contributed by atoms with Gasteiger partial charge in [-0.25, -0.2) is 9.59 Å². The lowest BCUT2D eigenvalue weighted by Gasteiger charge is -2.28. The van der Waals surface area contributed by atoms with Crippen molar-refractivity contribution in [1.29, 1.82) is 0 Å². The average Bonchev–Trinajstić information content (AvgIpc) is 2.65. The Morgan fingerprint density at radius 1 is 1.32 bits per heavy atom. The summed E-state index contributed by atoms with van der Waals surface area (Å²) in [5.74, 6) is -0.986. The van der Waals surface area contributed by atoms with Gasteiger partial charge in [0.2, 0.25) is 0 Å². The van der Waals surface area contributed by atoms with Crippen LogP contribution >= 0.6 is 0 Å². The first kappa shape index (κ1) is 13.4. The second kappa shape index (κ2) is 4.57. The maximum absolute atomic E-state index is 12.3. The predicted molar refractivity (Wildman–Crippen MR) is 72.3 cm³/mol. The van der Waals surface area contributed by atoms with Crippen molar-refractivity contribution in [3.8, 4) is 0 Å². The van der Waals surface area contributed by atoms with Crippen molar-refractivity contribution in [3.63, 3.8) is 0 Å². The van der Waals surface area contributed by atoms with Crippen LogP contribution in [-0.4, -0.2) is 28.7 Å². The van der Waals surface area contributed by atoms with Crippen LogP contribution in [0, 0.1) is 0 Å². The fourth-order valence-electron chi connectivity index (χ4n) is 2.22. The van der Waals surface area contributed by atoms with E-state index in [4.69, 9.17) is 0 Å². The van der Waals surface area contributed by atoms with Crippen LogP contribution in [0.5, 0.6) is 0 Å². The molecule has 0 radical (unpaired) electrons. The molecule has 0 fully saturated rings. The van der Waals surface area contributed by atoms with Gasteiger partial charge in [-0.2, -0.15) is 0 Å². The summed E-state index contributed by atoms with van der Waals surface area (Å²) in [5, 5.41) is 12.1. The molecule has 0 saturated carbocycles. The number of amides is 2. The highest BCUT2D eigenvalue weighted by atomic mass is 16.4. The summed E-state index contributed by atoms with van der Waals surface area (Å²) in [7, 11) is 0. The maximum atomic E-state index is 12.3. The number of anilines is 1. The van der Waals surface area contributed by atoms with Crippen LogP contribution in [0.4, 0.5) is 10.5 Å². The standard InChI is InChI=1S/C14H18N2O3/c1-14(2,3)15-13(19)16-10-7-5-4-6-9(10)8-11(16)12(17)18/h4-7,11H,8H2,1-3H3,(H,15,19)(H,17,18). The van der Waals surface area contributed by atoms with Crippen LogP contribution in [0.2, 0.25) is 0 Å². The van der Waals surface area contributed by atoms with Crippen molar-refractivity contribution in [3.05, 3.63) is 29.8 Å². The highest BCUT2D eigenvalue weighted by Crippen LogP contribution is 2.32. The second-order valence-corrected chi connectivity index (χ2v) is 5.74. The molecule has 0 saturated heterocycles. The summed E-state index contributed by atoms with van der Waals surface area (Å²) in [4.78, 5) is 25.0. The number of nitrogens with zero attached hydrogens (tertiary/aromatic N) is 1. The molecule has 0 aromatic heterocycles. The van der Waals surface area contributed by atoms with Crippen molar-refractivity contribution in [1.82, 2.24) is 5.32 Å². The highest BCUT2D eigenvalue weighted by Gasteiger charge is 2.39. The van der Waals surface area contributed by atoms with Gasteiger partial charge < -0.3 is 10.4 Å². The van der Waals surface area contributed by atoms with Gasteiger partial charge in [-0.05, 0) is 32.4 Å². The molecule has 0 aliphatic carbocycles. The summed E-state index contributed by atoms with van der Waals surface area (Å²) >= 11 is 0. The smallest absolute Gasteiger partial charge is 0.327 e. The van der Waals surface area contributed by atoms with Gasteiger partial charge in [-0.1, -0.05) is 18.2 Å². The molecular weight excluding hydrogens is 244 g/mol. The van der Waals surface area contributed by atoms with Gasteiger partial charge in [0, 0.05) is 17.6 Å². The Balaban J connectivity index is 2.34. The number of urea groups is 1. The third kappa shape index (κ3) is 2.70. The molecule has 0 bridgehead atoms. The molecule has 2 rings (SSSR count). The average molecular weight is 262 g/mol. The number of carboxylic acid groups (broad SMARTS) is 1. The van der Waals surface area contributed by atoms with E-state index in [2.05, 4.69) is 5.32 Å². The lowest BCUT2D eigenvalue weighted by molar-refractivity contribution is -0.138. The largest absolute Gasteiger partial charge is 0.480 e. The molecule has 2 N–H and O–H groups in total. The zero-order valence-corrected chi connectivity index (χ0v) is 11.3. The SMILES string of the molecule is CC(C)(C)NC(=O)N1c2ccccc2CC1C(=O)O. The summed E-state index contributed by atoms with van der Waals surface area (Å²) in [5.41, 5.74) is 1.16. The predicted octanol–water partition coefficient (Wildman–Crippen LogP) is 2.01. The molecule has 1 aromatic carbocycles. The van der Waals surface area contributed by atoms with Gasteiger partial charge in [0.25, 0.3) is 0 Å². The van der Waals surface area contributed by atoms with Crippen molar-refractivity contribution < 1.29 is 14.7 Å². The Morgan fingerprint density at radius 3 is 2.53 bits per heavy atom. The van der Waals surface area contributed by atoms with Gasteiger partial charge in [0.05, 0.1) is 0 Å². The van der Waals surface area contributed by atoms with E-state index < -0.39 is 17.6 Å². The lowest BCUT2D eigenvalue weighted by atomic mass is 10.1. The Hall–Kier alpha value is -2.04.